The van der Waals surface area contributed by atoms with Gasteiger partial charge in [-0.25, -0.2) is 4.79 Å². The fourth-order valence-corrected chi connectivity index (χ4v) is 2.09. The molecule has 2 N–H and O–H groups in total. The molecule has 110 valence electrons. The summed E-state index contributed by atoms with van der Waals surface area (Å²) in [5, 5.41) is 18.7. The van der Waals surface area contributed by atoms with Gasteiger partial charge in [-0.3, -0.25) is 4.79 Å². The quantitative estimate of drug-likeness (QED) is 0.559. The Kier molecular flexibility index (Phi) is 6.22. The largest absolute Gasteiger partial charge is 0.506 e. The first-order valence-electron chi connectivity index (χ1n) is 7.02. The molecule has 0 saturated heterocycles. The van der Waals surface area contributed by atoms with Gasteiger partial charge in [0, 0.05) is 6.42 Å². The predicted molar refractivity (Wildman–Crippen MR) is 77.3 cm³/mol. The summed E-state index contributed by atoms with van der Waals surface area (Å²) in [4.78, 5) is 22.9. The molecule has 0 aliphatic heterocycles. The van der Waals surface area contributed by atoms with E-state index in [1.54, 1.807) is 0 Å². The van der Waals surface area contributed by atoms with Crippen molar-refractivity contribution in [3.05, 3.63) is 29.3 Å². The molecule has 0 fully saturated rings. The minimum absolute atomic E-state index is 0.105. The van der Waals surface area contributed by atoms with Crippen LogP contribution in [0.3, 0.4) is 0 Å². The van der Waals surface area contributed by atoms with Gasteiger partial charge in [-0.05, 0) is 24.5 Å². The molecule has 0 aliphatic carbocycles. The lowest BCUT2D eigenvalue weighted by atomic mass is 9.99. The van der Waals surface area contributed by atoms with Crippen LogP contribution in [0.25, 0.3) is 0 Å². The van der Waals surface area contributed by atoms with E-state index in [4.69, 9.17) is 5.11 Å². The van der Waals surface area contributed by atoms with Gasteiger partial charge < -0.3 is 10.2 Å². The molecule has 0 unspecified atom stereocenters. The van der Waals surface area contributed by atoms with E-state index in [1.807, 2.05) is 0 Å². The molecular formula is C16H22O4. The number of phenols is 1. The molecule has 0 bridgehead atoms. The van der Waals surface area contributed by atoms with Crippen molar-refractivity contribution >= 4 is 11.8 Å². The minimum Gasteiger partial charge on any atom is -0.506 e. The maximum atomic E-state index is 12.0. The Morgan fingerprint density at radius 1 is 1.10 bits per heavy atom. The molecule has 1 aromatic rings. The highest BCUT2D eigenvalue weighted by molar-refractivity contribution is 6.02. The molecule has 0 aliphatic rings. The van der Waals surface area contributed by atoms with Gasteiger partial charge >= 0.3 is 5.97 Å². The molecule has 0 aromatic heterocycles. The van der Waals surface area contributed by atoms with Gasteiger partial charge in [0.2, 0.25) is 0 Å². The van der Waals surface area contributed by atoms with Crippen molar-refractivity contribution in [1.29, 1.82) is 0 Å². The number of aromatic carboxylic acids is 1. The van der Waals surface area contributed by atoms with Crippen LogP contribution in [0, 0.1) is 5.92 Å². The summed E-state index contributed by atoms with van der Waals surface area (Å²) in [6, 6.07) is 4.24. The third kappa shape index (κ3) is 4.68. The summed E-state index contributed by atoms with van der Waals surface area (Å²) in [6.45, 7) is 4.33. The number of hydrogen-bond donors (Lipinski definition) is 2. The molecule has 4 nitrogen and oxygen atoms in total. The highest BCUT2D eigenvalue weighted by Crippen LogP contribution is 2.24. The Labute approximate surface area is 119 Å². The van der Waals surface area contributed by atoms with E-state index in [9.17, 15) is 14.7 Å². The topological polar surface area (TPSA) is 74.6 Å². The number of carboxylic acids is 1. The first-order chi connectivity index (χ1) is 9.43. The van der Waals surface area contributed by atoms with E-state index in [-0.39, 0.29) is 16.9 Å². The highest BCUT2D eigenvalue weighted by atomic mass is 16.4. The smallest absolute Gasteiger partial charge is 0.339 e. The van der Waals surface area contributed by atoms with Crippen LogP contribution in [-0.2, 0) is 0 Å². The lowest BCUT2D eigenvalue weighted by molar-refractivity contribution is 0.0693. The normalized spacial score (nSPS) is 10.8. The molecule has 4 heteroatoms. The Hall–Kier alpha value is -1.84. The zero-order chi connectivity index (χ0) is 15.1. The number of benzene rings is 1. The Balaban J connectivity index is 2.56. The van der Waals surface area contributed by atoms with Crippen molar-refractivity contribution in [3.63, 3.8) is 0 Å². The summed E-state index contributed by atoms with van der Waals surface area (Å²) >= 11 is 0. The molecule has 0 atom stereocenters. The van der Waals surface area contributed by atoms with Crippen molar-refractivity contribution in [2.75, 3.05) is 0 Å². The van der Waals surface area contributed by atoms with E-state index in [0.717, 1.165) is 25.7 Å². The van der Waals surface area contributed by atoms with E-state index in [0.29, 0.717) is 12.3 Å². The number of carbonyl (C=O) groups excluding carboxylic acids is 1. The lowest BCUT2D eigenvalue weighted by Gasteiger charge is -2.07. The van der Waals surface area contributed by atoms with E-state index >= 15 is 0 Å². The average Bonchev–Trinajstić information content (AvgIpc) is 2.37. The van der Waals surface area contributed by atoms with Crippen molar-refractivity contribution in [2.45, 2.75) is 46.0 Å². The molecule has 0 saturated carbocycles. The second kappa shape index (κ2) is 7.68. The SMILES string of the molecule is CC(C)CCCCCC(=O)c1cccc(C(=O)O)c1O. The van der Waals surface area contributed by atoms with Crippen molar-refractivity contribution in [3.8, 4) is 5.75 Å². The number of carboxylic acid groups (broad SMARTS) is 1. The first-order valence-corrected chi connectivity index (χ1v) is 7.02. The maximum absolute atomic E-state index is 12.0. The molecule has 0 radical (unpaired) electrons. The van der Waals surface area contributed by atoms with Gasteiger partial charge in [0.15, 0.2) is 5.78 Å². The number of aromatic hydroxyl groups is 1. The fourth-order valence-electron chi connectivity index (χ4n) is 2.09. The number of para-hydroxylation sites is 1. The number of rotatable bonds is 8. The summed E-state index contributed by atoms with van der Waals surface area (Å²) in [5.74, 6) is -1.18. The van der Waals surface area contributed by atoms with Gasteiger partial charge in [-0.1, -0.05) is 39.2 Å². The van der Waals surface area contributed by atoms with Crippen molar-refractivity contribution in [2.24, 2.45) is 5.92 Å². The zero-order valence-corrected chi connectivity index (χ0v) is 12.1. The van der Waals surface area contributed by atoms with Crippen LogP contribution in [0.1, 0.15) is 66.7 Å². The number of ketones is 1. The molecule has 1 rings (SSSR count). The zero-order valence-electron chi connectivity index (χ0n) is 12.1. The van der Waals surface area contributed by atoms with Crippen LogP contribution in [0.2, 0.25) is 0 Å². The van der Waals surface area contributed by atoms with E-state index in [1.165, 1.54) is 18.2 Å². The fraction of sp³-hybridized carbons (Fsp3) is 0.500. The van der Waals surface area contributed by atoms with Crippen molar-refractivity contribution in [1.82, 2.24) is 0 Å². The lowest BCUT2D eigenvalue weighted by Crippen LogP contribution is -2.04. The monoisotopic (exact) mass is 278 g/mol. The Morgan fingerprint density at radius 2 is 1.75 bits per heavy atom. The summed E-state index contributed by atoms with van der Waals surface area (Å²) in [5.41, 5.74) is -0.121. The van der Waals surface area contributed by atoms with Gasteiger partial charge in [0.05, 0.1) is 5.56 Å². The molecule has 0 heterocycles. The van der Waals surface area contributed by atoms with Crippen LogP contribution in [0.4, 0.5) is 0 Å². The summed E-state index contributed by atoms with van der Waals surface area (Å²) in [6.07, 6.45) is 4.32. The Morgan fingerprint density at radius 3 is 2.35 bits per heavy atom. The van der Waals surface area contributed by atoms with Gasteiger partial charge in [-0.2, -0.15) is 0 Å². The summed E-state index contributed by atoms with van der Waals surface area (Å²) < 4.78 is 0. The third-order valence-corrected chi connectivity index (χ3v) is 3.25. The van der Waals surface area contributed by atoms with Crippen molar-refractivity contribution < 1.29 is 19.8 Å². The third-order valence-electron chi connectivity index (χ3n) is 3.25. The van der Waals surface area contributed by atoms with Gasteiger partial charge in [-0.15, -0.1) is 0 Å². The van der Waals surface area contributed by atoms with Gasteiger partial charge in [0.1, 0.15) is 11.3 Å². The average molecular weight is 278 g/mol. The minimum atomic E-state index is -1.23. The van der Waals surface area contributed by atoms with Crippen LogP contribution in [0.5, 0.6) is 5.75 Å². The van der Waals surface area contributed by atoms with E-state index < -0.39 is 11.7 Å². The Bertz CT molecular complexity index is 477. The van der Waals surface area contributed by atoms with E-state index in [2.05, 4.69) is 13.8 Å². The first kappa shape index (κ1) is 16.2. The number of carbonyl (C=O) groups is 2. The highest BCUT2D eigenvalue weighted by Gasteiger charge is 2.17. The standard InChI is InChI=1S/C16H22O4/c1-11(2)7-4-3-5-10-14(17)12-8-6-9-13(15(12)18)16(19)20/h6,8-9,11,18H,3-5,7,10H2,1-2H3,(H,19,20). The van der Waals surface area contributed by atoms with Crippen LogP contribution < -0.4 is 0 Å². The second-order valence-electron chi connectivity index (χ2n) is 5.42. The molecule has 1 aromatic carbocycles. The second-order valence-corrected chi connectivity index (χ2v) is 5.42. The maximum Gasteiger partial charge on any atom is 0.339 e. The van der Waals surface area contributed by atoms with Gasteiger partial charge in [0.25, 0.3) is 0 Å². The van der Waals surface area contributed by atoms with Crippen LogP contribution >= 0.6 is 0 Å². The molecule has 0 amide bonds. The number of Topliss-reactive ketones (excluding diaryl/α,β-unsaturated/α-hetero) is 1. The van der Waals surface area contributed by atoms with Crippen LogP contribution in [-0.4, -0.2) is 22.0 Å². The summed E-state index contributed by atoms with van der Waals surface area (Å²) in [7, 11) is 0. The van der Waals surface area contributed by atoms with Crippen LogP contribution in [0.15, 0.2) is 18.2 Å². The number of unbranched alkanes of at least 4 members (excludes halogenated alkanes) is 2. The molecular weight excluding hydrogens is 256 g/mol. The predicted octanol–water partition coefficient (Wildman–Crippen LogP) is 3.88. The number of hydrogen-bond acceptors (Lipinski definition) is 3. The molecule has 0 spiro atoms. The molecule has 20 heavy (non-hydrogen) atoms.